The maximum atomic E-state index is 13.1. The Bertz CT molecular complexity index is 1330. The van der Waals surface area contributed by atoms with Crippen LogP contribution in [0.15, 0.2) is 93.8 Å². The number of carbonyl (C=O) groups excluding carboxylic acids is 3. The fourth-order valence-corrected chi connectivity index (χ4v) is 5.80. The molecule has 3 aromatic rings. The summed E-state index contributed by atoms with van der Waals surface area (Å²) in [6.45, 7) is 4.68. The van der Waals surface area contributed by atoms with Gasteiger partial charge in [0.15, 0.2) is 5.78 Å². The van der Waals surface area contributed by atoms with Crippen LogP contribution in [0.2, 0.25) is 0 Å². The molecule has 0 saturated heterocycles. The monoisotopic (exact) mass is 553 g/mol. The van der Waals surface area contributed by atoms with Crippen molar-refractivity contribution in [2.24, 2.45) is 5.16 Å². The van der Waals surface area contributed by atoms with E-state index in [1.54, 1.807) is 62.4 Å². The summed E-state index contributed by atoms with van der Waals surface area (Å²) in [5, 5.41) is 3.64. The van der Waals surface area contributed by atoms with Gasteiger partial charge in [-0.3, -0.25) is 14.2 Å². The summed E-state index contributed by atoms with van der Waals surface area (Å²) >= 11 is 1.46. The lowest BCUT2D eigenvalue weighted by atomic mass is 10.0. The Kier molecular flexibility index (Phi) is 10.7. The molecule has 0 heterocycles. The van der Waals surface area contributed by atoms with E-state index < -0.39 is 25.5 Å². The highest BCUT2D eigenvalue weighted by atomic mass is 32.2. The summed E-state index contributed by atoms with van der Waals surface area (Å²) in [5.74, 6) is -1.33. The molecular formula is C28H28NO7PS. The minimum absolute atomic E-state index is 0.0468. The van der Waals surface area contributed by atoms with Crippen LogP contribution in [0, 0.1) is 0 Å². The first-order valence-corrected chi connectivity index (χ1v) is 14.4. The van der Waals surface area contributed by atoms with E-state index >= 15 is 0 Å². The molecular weight excluding hydrogens is 525 g/mol. The molecule has 0 aliphatic heterocycles. The highest BCUT2D eigenvalue weighted by Crippen LogP contribution is 2.48. The lowest BCUT2D eigenvalue weighted by Gasteiger charge is -2.17. The Labute approximate surface area is 225 Å². The molecule has 0 fully saturated rings. The summed E-state index contributed by atoms with van der Waals surface area (Å²) < 4.78 is 23.5. The first-order valence-electron chi connectivity index (χ1n) is 11.9. The van der Waals surface area contributed by atoms with Crippen LogP contribution in [-0.4, -0.2) is 42.6 Å². The van der Waals surface area contributed by atoms with Gasteiger partial charge in [0.25, 0.3) is 0 Å². The predicted molar refractivity (Wildman–Crippen MR) is 146 cm³/mol. The third-order valence-electron chi connectivity index (χ3n) is 5.05. The van der Waals surface area contributed by atoms with Crippen molar-refractivity contribution < 1.29 is 32.8 Å². The summed E-state index contributed by atoms with van der Waals surface area (Å²) in [4.78, 5) is 43.5. The van der Waals surface area contributed by atoms with Gasteiger partial charge in [-0.2, -0.15) is 0 Å². The van der Waals surface area contributed by atoms with Crippen molar-refractivity contribution in [2.45, 2.75) is 30.6 Å². The van der Waals surface area contributed by atoms with Gasteiger partial charge >= 0.3 is 13.6 Å². The van der Waals surface area contributed by atoms with Gasteiger partial charge in [-0.25, -0.2) is 4.79 Å². The van der Waals surface area contributed by atoms with Crippen LogP contribution in [0.3, 0.4) is 0 Å². The van der Waals surface area contributed by atoms with Crippen molar-refractivity contribution in [1.29, 1.82) is 0 Å². The molecule has 0 aliphatic carbocycles. The number of oxime groups is 1. The van der Waals surface area contributed by atoms with Crippen LogP contribution >= 0.6 is 19.4 Å². The summed E-state index contributed by atoms with van der Waals surface area (Å²) in [6.07, 6.45) is -0.439. The number of ketones is 2. The lowest BCUT2D eigenvalue weighted by Crippen LogP contribution is -2.21. The van der Waals surface area contributed by atoms with Gasteiger partial charge in [0, 0.05) is 33.4 Å². The van der Waals surface area contributed by atoms with Gasteiger partial charge in [-0.15, -0.1) is 0 Å². The Balaban J connectivity index is 1.73. The Hall–Kier alpha value is -3.36. The van der Waals surface area contributed by atoms with Crippen LogP contribution < -0.4 is 0 Å². The van der Waals surface area contributed by atoms with E-state index in [1.807, 2.05) is 30.3 Å². The second kappa shape index (κ2) is 14.0. The smallest absolute Gasteiger partial charge is 0.318 e. The number of hydrogen-bond acceptors (Lipinski definition) is 9. The molecule has 38 heavy (non-hydrogen) atoms. The third-order valence-corrected chi connectivity index (χ3v) is 8.05. The number of carbonyl (C=O) groups is 3. The molecule has 0 unspecified atom stereocenters. The molecule has 0 saturated carbocycles. The Morgan fingerprint density at radius 3 is 1.76 bits per heavy atom. The second-order valence-electron chi connectivity index (χ2n) is 7.90. The molecule has 0 N–H and O–H groups in total. The number of Topliss-reactive ketones (excluding diaryl/α,β-unsaturated/α-hetero) is 1. The molecule has 0 bridgehead atoms. The van der Waals surface area contributed by atoms with Crippen molar-refractivity contribution >= 4 is 42.6 Å². The lowest BCUT2D eigenvalue weighted by molar-refractivity contribution is -0.140. The summed E-state index contributed by atoms with van der Waals surface area (Å²) in [5.41, 5.74) is 1.24. The fraction of sp³-hybridized carbons (Fsp3) is 0.214. The zero-order chi connectivity index (χ0) is 27.5. The second-order valence-corrected chi connectivity index (χ2v) is 11.1. The number of rotatable bonds is 13. The van der Waals surface area contributed by atoms with Crippen LogP contribution in [0.1, 0.15) is 47.1 Å². The van der Waals surface area contributed by atoms with Crippen LogP contribution in [0.25, 0.3) is 0 Å². The topological polar surface area (TPSA) is 108 Å². The Morgan fingerprint density at radius 1 is 0.763 bits per heavy atom. The number of hydrogen-bond donors (Lipinski definition) is 0. The van der Waals surface area contributed by atoms with Gasteiger partial charge in [-0.05, 0) is 62.4 Å². The molecule has 0 radical (unpaired) electrons. The quantitative estimate of drug-likeness (QED) is 0.0783. The van der Waals surface area contributed by atoms with Crippen LogP contribution in [-0.2, 0) is 23.2 Å². The van der Waals surface area contributed by atoms with E-state index in [0.29, 0.717) is 11.1 Å². The number of benzene rings is 3. The summed E-state index contributed by atoms with van der Waals surface area (Å²) in [6, 6.07) is 23.1. The SMILES string of the molecule is CCOP(=O)(CC(=NOC(C)=O)C(=O)c1ccc(Sc2ccc(C(=O)c3ccccc3)cc2)cc1)OCC. The maximum Gasteiger partial charge on any atom is 0.336 e. The average Bonchev–Trinajstić information content (AvgIpc) is 2.92. The third kappa shape index (κ3) is 8.33. The van der Waals surface area contributed by atoms with E-state index in [0.717, 1.165) is 16.7 Å². The maximum absolute atomic E-state index is 13.1. The molecule has 10 heteroatoms. The molecule has 0 aliphatic rings. The van der Waals surface area contributed by atoms with Crippen LogP contribution in [0.5, 0.6) is 0 Å². The molecule has 0 spiro atoms. The normalized spacial score (nSPS) is 11.7. The molecule has 8 nitrogen and oxygen atoms in total. The molecule has 198 valence electrons. The van der Waals surface area contributed by atoms with Gasteiger partial charge in [-0.1, -0.05) is 47.2 Å². The van der Waals surface area contributed by atoms with Gasteiger partial charge in [0.2, 0.25) is 5.78 Å². The molecule has 3 rings (SSSR count). The van der Waals surface area contributed by atoms with E-state index in [9.17, 15) is 18.9 Å². The van der Waals surface area contributed by atoms with Crippen LogP contribution in [0.4, 0.5) is 0 Å². The molecule has 0 atom stereocenters. The van der Waals surface area contributed by atoms with Crippen molar-refractivity contribution in [3.63, 3.8) is 0 Å². The van der Waals surface area contributed by atoms with Crippen molar-refractivity contribution in [1.82, 2.24) is 0 Å². The minimum atomic E-state index is -3.67. The standard InChI is InChI=1S/C28H28NO7PS/c1-4-34-37(33,35-5-2)19-26(29-36-20(3)30)28(32)23-13-17-25(18-14-23)38-24-15-11-22(12-16-24)27(31)21-9-7-6-8-10-21/h6-18H,4-5,19H2,1-3H3. The summed E-state index contributed by atoms with van der Waals surface area (Å²) in [7, 11) is -3.67. The molecule has 0 aromatic heterocycles. The highest BCUT2D eigenvalue weighted by Gasteiger charge is 2.31. The minimum Gasteiger partial charge on any atom is -0.318 e. The van der Waals surface area contributed by atoms with Gasteiger partial charge in [0.1, 0.15) is 5.71 Å². The zero-order valence-corrected chi connectivity index (χ0v) is 23.0. The van der Waals surface area contributed by atoms with E-state index in [4.69, 9.17) is 9.05 Å². The largest absolute Gasteiger partial charge is 0.336 e. The Morgan fingerprint density at radius 2 is 1.26 bits per heavy atom. The van der Waals surface area contributed by atoms with Gasteiger partial charge < -0.3 is 13.9 Å². The zero-order valence-electron chi connectivity index (χ0n) is 21.3. The first-order chi connectivity index (χ1) is 18.2. The molecule has 0 amide bonds. The molecule has 3 aromatic carbocycles. The number of nitrogens with zero attached hydrogens (tertiary/aromatic N) is 1. The highest BCUT2D eigenvalue weighted by molar-refractivity contribution is 7.99. The van der Waals surface area contributed by atoms with E-state index in [1.165, 1.54) is 11.8 Å². The first kappa shape index (κ1) is 29.2. The van der Waals surface area contributed by atoms with Crippen molar-refractivity contribution in [3.05, 3.63) is 95.6 Å². The van der Waals surface area contributed by atoms with Crippen molar-refractivity contribution in [3.8, 4) is 0 Å². The van der Waals surface area contributed by atoms with Crippen molar-refractivity contribution in [2.75, 3.05) is 19.4 Å². The van der Waals surface area contributed by atoms with E-state index in [2.05, 4.69) is 9.99 Å². The predicted octanol–water partition coefficient (Wildman–Crippen LogP) is 6.44. The van der Waals surface area contributed by atoms with E-state index in [-0.39, 0.29) is 30.3 Å². The fourth-order valence-electron chi connectivity index (χ4n) is 3.37. The average molecular weight is 554 g/mol. The van der Waals surface area contributed by atoms with Gasteiger partial charge in [0.05, 0.1) is 19.4 Å².